The molecule has 2 atom stereocenters. The zero-order valence-corrected chi connectivity index (χ0v) is 13.4. The van der Waals surface area contributed by atoms with Gasteiger partial charge in [0.25, 0.3) is 0 Å². The maximum absolute atomic E-state index is 12.0. The molecule has 0 aliphatic rings. The smallest absolute Gasteiger partial charge is 0.315 e. The van der Waals surface area contributed by atoms with Crippen molar-refractivity contribution < 1.29 is 14.6 Å². The SMILES string of the molecule is COC(C)(C)C[C@@H](C)NC(=O)N[C@@H](C)c1cccc(O)c1. The Morgan fingerprint density at radius 1 is 1.33 bits per heavy atom. The normalized spacial score (nSPS) is 14.3. The molecule has 0 spiro atoms. The molecule has 0 saturated heterocycles. The molecule has 0 heterocycles. The number of ether oxygens (including phenoxy) is 1. The topological polar surface area (TPSA) is 70.6 Å². The highest BCUT2D eigenvalue weighted by atomic mass is 16.5. The highest BCUT2D eigenvalue weighted by Crippen LogP contribution is 2.18. The fourth-order valence-electron chi connectivity index (χ4n) is 2.21. The lowest BCUT2D eigenvalue weighted by Crippen LogP contribution is -2.44. The molecule has 0 aliphatic carbocycles. The summed E-state index contributed by atoms with van der Waals surface area (Å²) in [5.74, 6) is 0.191. The third-order valence-corrected chi connectivity index (χ3v) is 3.45. The summed E-state index contributed by atoms with van der Waals surface area (Å²) >= 11 is 0. The summed E-state index contributed by atoms with van der Waals surface area (Å²) in [6, 6.07) is 6.45. The summed E-state index contributed by atoms with van der Waals surface area (Å²) < 4.78 is 5.35. The number of amides is 2. The number of rotatable bonds is 6. The van der Waals surface area contributed by atoms with Gasteiger partial charge in [0.15, 0.2) is 0 Å². The Hall–Kier alpha value is -1.75. The molecule has 5 heteroatoms. The number of phenols is 1. The number of carbonyl (C=O) groups is 1. The van der Waals surface area contributed by atoms with E-state index in [0.29, 0.717) is 0 Å². The minimum absolute atomic E-state index is 0.00340. The summed E-state index contributed by atoms with van der Waals surface area (Å²) in [5, 5.41) is 15.2. The van der Waals surface area contributed by atoms with Crippen LogP contribution in [0.5, 0.6) is 5.75 Å². The first-order valence-electron chi connectivity index (χ1n) is 7.14. The molecule has 0 aromatic heterocycles. The van der Waals surface area contributed by atoms with Crippen LogP contribution in [0.15, 0.2) is 24.3 Å². The molecule has 1 aromatic carbocycles. The van der Waals surface area contributed by atoms with E-state index in [1.54, 1.807) is 25.3 Å². The van der Waals surface area contributed by atoms with E-state index >= 15 is 0 Å². The lowest BCUT2D eigenvalue weighted by atomic mass is 10.00. The van der Waals surface area contributed by atoms with Gasteiger partial charge in [-0.15, -0.1) is 0 Å². The number of hydrogen-bond acceptors (Lipinski definition) is 3. The van der Waals surface area contributed by atoms with Crippen molar-refractivity contribution in [3.8, 4) is 5.75 Å². The van der Waals surface area contributed by atoms with Gasteiger partial charge in [0, 0.05) is 13.2 Å². The molecule has 5 nitrogen and oxygen atoms in total. The van der Waals surface area contributed by atoms with E-state index in [-0.39, 0.29) is 29.5 Å². The first-order valence-corrected chi connectivity index (χ1v) is 7.14. The lowest BCUT2D eigenvalue weighted by Gasteiger charge is -2.27. The molecule has 0 aliphatic heterocycles. The first-order chi connectivity index (χ1) is 9.73. The van der Waals surface area contributed by atoms with Crippen LogP contribution in [0.4, 0.5) is 4.79 Å². The number of hydrogen-bond donors (Lipinski definition) is 3. The molecule has 0 unspecified atom stereocenters. The molecular weight excluding hydrogens is 268 g/mol. The standard InChI is InChI=1S/C16H26N2O3/c1-11(10-16(3,4)21-5)17-15(20)18-12(2)13-7-6-8-14(19)9-13/h6-9,11-12,19H,10H2,1-5H3,(H2,17,18,20)/t11-,12+/m1/s1. The highest BCUT2D eigenvalue weighted by molar-refractivity contribution is 5.74. The van der Waals surface area contributed by atoms with Crippen molar-refractivity contribution in [2.45, 2.75) is 51.8 Å². The van der Waals surface area contributed by atoms with E-state index in [1.807, 2.05) is 33.8 Å². The minimum atomic E-state index is -0.274. The maximum Gasteiger partial charge on any atom is 0.315 e. The van der Waals surface area contributed by atoms with E-state index in [1.165, 1.54) is 0 Å². The highest BCUT2D eigenvalue weighted by Gasteiger charge is 2.21. The zero-order chi connectivity index (χ0) is 16.0. The van der Waals surface area contributed by atoms with Gasteiger partial charge in [-0.25, -0.2) is 4.79 Å². The van der Waals surface area contributed by atoms with Crippen molar-refractivity contribution >= 4 is 6.03 Å². The summed E-state index contributed by atoms with van der Waals surface area (Å²) in [6.07, 6.45) is 0.720. The number of aromatic hydroxyl groups is 1. The van der Waals surface area contributed by atoms with Gasteiger partial charge in [0.1, 0.15) is 5.75 Å². The number of nitrogens with one attached hydrogen (secondary N) is 2. The molecule has 1 aromatic rings. The quantitative estimate of drug-likeness (QED) is 0.755. The van der Waals surface area contributed by atoms with E-state index in [0.717, 1.165) is 12.0 Å². The molecule has 0 saturated carbocycles. The second-order valence-electron chi connectivity index (χ2n) is 6.00. The molecule has 1 rings (SSSR count). The Morgan fingerprint density at radius 2 is 2.00 bits per heavy atom. The van der Waals surface area contributed by atoms with Gasteiger partial charge in [-0.1, -0.05) is 12.1 Å². The second-order valence-corrected chi connectivity index (χ2v) is 6.00. The number of benzene rings is 1. The number of urea groups is 1. The maximum atomic E-state index is 12.0. The molecule has 21 heavy (non-hydrogen) atoms. The van der Waals surface area contributed by atoms with Crippen LogP contribution < -0.4 is 10.6 Å². The van der Waals surface area contributed by atoms with Crippen molar-refractivity contribution in [2.24, 2.45) is 0 Å². The van der Waals surface area contributed by atoms with Gasteiger partial charge in [-0.3, -0.25) is 0 Å². The van der Waals surface area contributed by atoms with E-state index in [4.69, 9.17) is 4.74 Å². The van der Waals surface area contributed by atoms with E-state index < -0.39 is 0 Å². The van der Waals surface area contributed by atoms with E-state index in [2.05, 4.69) is 10.6 Å². The fourth-order valence-corrected chi connectivity index (χ4v) is 2.21. The summed E-state index contributed by atoms with van der Waals surface area (Å²) in [7, 11) is 1.66. The number of methoxy groups -OCH3 is 1. The minimum Gasteiger partial charge on any atom is -0.508 e. The summed E-state index contributed by atoms with van der Waals surface area (Å²) in [4.78, 5) is 12.0. The zero-order valence-electron chi connectivity index (χ0n) is 13.4. The predicted octanol–water partition coefficient (Wildman–Crippen LogP) is 2.96. The molecule has 0 fully saturated rings. The summed E-state index contributed by atoms with van der Waals surface area (Å²) in [5.41, 5.74) is 0.582. The van der Waals surface area contributed by atoms with Crippen LogP contribution in [-0.4, -0.2) is 29.9 Å². The summed E-state index contributed by atoms with van der Waals surface area (Å²) in [6.45, 7) is 7.79. The number of phenolic OH excluding ortho intramolecular Hbond substituents is 1. The Balaban J connectivity index is 2.50. The fraction of sp³-hybridized carbons (Fsp3) is 0.562. The van der Waals surface area contributed by atoms with Gasteiger partial charge < -0.3 is 20.5 Å². The largest absolute Gasteiger partial charge is 0.508 e. The third-order valence-electron chi connectivity index (χ3n) is 3.45. The van der Waals surface area contributed by atoms with Crippen molar-refractivity contribution in [1.82, 2.24) is 10.6 Å². The molecule has 2 amide bonds. The Morgan fingerprint density at radius 3 is 2.57 bits per heavy atom. The molecular formula is C16H26N2O3. The molecule has 0 bridgehead atoms. The van der Waals surface area contributed by atoms with Gasteiger partial charge in [0.05, 0.1) is 11.6 Å². The lowest BCUT2D eigenvalue weighted by molar-refractivity contribution is 0.00949. The van der Waals surface area contributed by atoms with Crippen LogP contribution in [0.3, 0.4) is 0 Å². The van der Waals surface area contributed by atoms with Crippen LogP contribution in [0.25, 0.3) is 0 Å². The Kier molecular flexibility index (Phi) is 6.03. The van der Waals surface area contributed by atoms with Crippen LogP contribution in [0, 0.1) is 0 Å². The van der Waals surface area contributed by atoms with Crippen molar-refractivity contribution in [2.75, 3.05) is 7.11 Å². The average Bonchev–Trinajstić information content (AvgIpc) is 2.37. The molecule has 0 radical (unpaired) electrons. The van der Waals surface area contributed by atoms with Crippen molar-refractivity contribution in [3.63, 3.8) is 0 Å². The van der Waals surface area contributed by atoms with Gasteiger partial charge in [0.2, 0.25) is 0 Å². The number of carbonyl (C=O) groups excluding carboxylic acids is 1. The van der Waals surface area contributed by atoms with Crippen molar-refractivity contribution in [1.29, 1.82) is 0 Å². The molecule has 118 valence electrons. The Bertz CT molecular complexity index is 474. The predicted molar refractivity (Wildman–Crippen MR) is 83.4 cm³/mol. The van der Waals surface area contributed by atoms with Crippen molar-refractivity contribution in [3.05, 3.63) is 29.8 Å². The van der Waals surface area contributed by atoms with Crippen LogP contribution in [0.2, 0.25) is 0 Å². The average molecular weight is 294 g/mol. The monoisotopic (exact) mass is 294 g/mol. The first kappa shape index (κ1) is 17.3. The van der Waals surface area contributed by atoms with Crippen LogP contribution >= 0.6 is 0 Å². The van der Waals surface area contributed by atoms with Gasteiger partial charge in [-0.2, -0.15) is 0 Å². The van der Waals surface area contributed by atoms with Gasteiger partial charge in [-0.05, 0) is 51.8 Å². The molecule has 3 N–H and O–H groups in total. The second kappa shape index (κ2) is 7.31. The van der Waals surface area contributed by atoms with Gasteiger partial charge >= 0.3 is 6.03 Å². The third kappa shape index (κ3) is 6.04. The Labute approximate surface area is 126 Å². The van der Waals surface area contributed by atoms with E-state index in [9.17, 15) is 9.90 Å². The van der Waals surface area contributed by atoms with Crippen LogP contribution in [-0.2, 0) is 4.74 Å². The van der Waals surface area contributed by atoms with Crippen LogP contribution in [0.1, 0.15) is 45.7 Å².